The Balaban J connectivity index is 1.86. The zero-order valence-electron chi connectivity index (χ0n) is 18.1. The molecule has 0 unspecified atom stereocenters. The molecule has 174 valence electrons. The first-order chi connectivity index (χ1) is 15.9. The van der Waals surface area contributed by atoms with Gasteiger partial charge in [0.1, 0.15) is 11.4 Å². The van der Waals surface area contributed by atoms with Gasteiger partial charge >= 0.3 is 5.97 Å². The average molecular weight is 458 g/mol. The third kappa shape index (κ3) is 4.57. The summed E-state index contributed by atoms with van der Waals surface area (Å²) >= 11 is 0. The summed E-state index contributed by atoms with van der Waals surface area (Å²) in [4.78, 5) is 33.7. The number of hydrogen-bond acceptors (Lipinski definition) is 7. The maximum absolute atomic E-state index is 15.1. The first kappa shape index (κ1) is 22.8. The van der Waals surface area contributed by atoms with Crippen molar-refractivity contribution >= 4 is 22.8 Å². The Morgan fingerprint density at radius 2 is 1.85 bits per heavy atom. The lowest BCUT2D eigenvalue weighted by Crippen LogP contribution is -2.47. The molecule has 0 radical (unpaired) electrons. The second-order valence-corrected chi connectivity index (χ2v) is 7.66. The molecule has 1 fully saturated rings. The fourth-order valence-electron chi connectivity index (χ4n) is 3.91. The van der Waals surface area contributed by atoms with Gasteiger partial charge in [-0.25, -0.2) is 18.6 Å². The molecule has 0 aliphatic carbocycles. The van der Waals surface area contributed by atoms with Crippen molar-refractivity contribution in [3.63, 3.8) is 0 Å². The number of fused-ring (bicyclic) bond motifs is 1. The zero-order valence-corrected chi connectivity index (χ0v) is 18.1. The number of ether oxygens (including phenoxy) is 1. The molecule has 0 spiro atoms. The van der Waals surface area contributed by atoms with Crippen molar-refractivity contribution in [2.75, 3.05) is 50.8 Å². The quantitative estimate of drug-likeness (QED) is 0.565. The summed E-state index contributed by atoms with van der Waals surface area (Å²) in [5.74, 6) is -1.87. The van der Waals surface area contributed by atoms with Gasteiger partial charge in [-0.15, -0.1) is 0 Å². The number of pyridine rings is 2. The molecule has 3 heterocycles. The summed E-state index contributed by atoms with van der Waals surface area (Å²) in [6.07, 6.45) is 1.30. The molecule has 1 N–H and O–H groups in total. The molecule has 1 saturated heterocycles. The van der Waals surface area contributed by atoms with Crippen molar-refractivity contribution in [1.29, 1.82) is 0 Å². The summed E-state index contributed by atoms with van der Waals surface area (Å²) in [5.41, 5.74) is -0.355. The monoisotopic (exact) mass is 458 g/mol. The van der Waals surface area contributed by atoms with E-state index in [1.807, 2.05) is 0 Å². The Bertz CT molecular complexity index is 1220. The van der Waals surface area contributed by atoms with Crippen molar-refractivity contribution in [3.05, 3.63) is 63.9 Å². The van der Waals surface area contributed by atoms with Gasteiger partial charge in [0, 0.05) is 44.6 Å². The number of esters is 1. The van der Waals surface area contributed by atoms with Crippen LogP contribution in [0.15, 0.2) is 41.3 Å². The third-order valence-corrected chi connectivity index (χ3v) is 5.60. The van der Waals surface area contributed by atoms with Gasteiger partial charge in [-0.3, -0.25) is 9.69 Å². The number of piperazine rings is 1. The van der Waals surface area contributed by atoms with Crippen LogP contribution in [0.5, 0.6) is 0 Å². The topological polar surface area (TPSA) is 87.9 Å². The number of β-amino-alcohol motifs (C(OH)–C–C–N with tert-alkyl or cyclic N) is 1. The zero-order chi connectivity index (χ0) is 23.5. The van der Waals surface area contributed by atoms with Gasteiger partial charge in [-0.2, -0.15) is 0 Å². The van der Waals surface area contributed by atoms with E-state index in [0.29, 0.717) is 38.4 Å². The molecule has 2 aromatic heterocycles. The predicted molar refractivity (Wildman–Crippen MR) is 119 cm³/mol. The molecule has 0 bridgehead atoms. The molecular formula is C23H24F2N4O4. The van der Waals surface area contributed by atoms with Crippen molar-refractivity contribution in [2.45, 2.75) is 6.92 Å². The highest BCUT2D eigenvalue weighted by Crippen LogP contribution is 2.25. The first-order valence-electron chi connectivity index (χ1n) is 10.7. The summed E-state index contributed by atoms with van der Waals surface area (Å²) in [6, 6.07) is 6.53. The number of hydrogen-bond donors (Lipinski definition) is 1. The minimum atomic E-state index is -0.829. The van der Waals surface area contributed by atoms with E-state index in [1.54, 1.807) is 11.8 Å². The molecule has 1 aliphatic rings. The SMILES string of the molecule is CCOC(=O)c1cn(-c2ccc(F)cc2)c2nc(N3CCN(CCO)CC3)c(F)cc2c1=O. The highest BCUT2D eigenvalue weighted by Gasteiger charge is 2.24. The number of halogens is 2. The van der Waals surface area contributed by atoms with Gasteiger partial charge in [-0.05, 0) is 37.3 Å². The highest BCUT2D eigenvalue weighted by atomic mass is 19.1. The van der Waals surface area contributed by atoms with Gasteiger partial charge in [0.05, 0.1) is 18.6 Å². The number of aliphatic hydroxyl groups excluding tert-OH is 1. The van der Waals surface area contributed by atoms with Crippen LogP contribution in [0, 0.1) is 11.6 Å². The van der Waals surface area contributed by atoms with Crippen molar-refractivity contribution in [2.24, 2.45) is 0 Å². The molecule has 0 atom stereocenters. The van der Waals surface area contributed by atoms with Crippen LogP contribution in [0.4, 0.5) is 14.6 Å². The third-order valence-electron chi connectivity index (χ3n) is 5.60. The smallest absolute Gasteiger partial charge is 0.343 e. The van der Waals surface area contributed by atoms with E-state index in [1.165, 1.54) is 35.0 Å². The number of aliphatic hydroxyl groups is 1. The fraction of sp³-hybridized carbons (Fsp3) is 0.348. The average Bonchev–Trinajstić information content (AvgIpc) is 2.81. The minimum absolute atomic E-state index is 0.0509. The van der Waals surface area contributed by atoms with Crippen LogP contribution in [-0.4, -0.2) is 71.5 Å². The molecule has 1 aliphatic heterocycles. The Labute approximate surface area is 188 Å². The van der Waals surface area contributed by atoms with Crippen LogP contribution in [0.2, 0.25) is 0 Å². The van der Waals surface area contributed by atoms with Crippen molar-refractivity contribution in [3.8, 4) is 5.69 Å². The van der Waals surface area contributed by atoms with Crippen LogP contribution in [0.25, 0.3) is 16.7 Å². The summed E-state index contributed by atoms with van der Waals surface area (Å²) in [5, 5.41) is 9.05. The summed E-state index contributed by atoms with van der Waals surface area (Å²) in [6.45, 7) is 4.54. The number of rotatable bonds is 6. The summed E-state index contributed by atoms with van der Waals surface area (Å²) in [7, 11) is 0. The lowest BCUT2D eigenvalue weighted by molar-refractivity contribution is 0.0524. The van der Waals surface area contributed by atoms with E-state index in [-0.39, 0.29) is 35.6 Å². The van der Waals surface area contributed by atoms with Gasteiger partial charge in [0.25, 0.3) is 0 Å². The number of nitrogens with zero attached hydrogens (tertiary/aromatic N) is 4. The van der Waals surface area contributed by atoms with Crippen molar-refractivity contribution in [1.82, 2.24) is 14.5 Å². The van der Waals surface area contributed by atoms with Gasteiger partial charge in [-0.1, -0.05) is 0 Å². The largest absolute Gasteiger partial charge is 0.462 e. The maximum Gasteiger partial charge on any atom is 0.343 e. The van der Waals surface area contributed by atoms with E-state index >= 15 is 4.39 Å². The highest BCUT2D eigenvalue weighted by molar-refractivity contribution is 5.93. The molecule has 0 amide bonds. The Morgan fingerprint density at radius 1 is 1.15 bits per heavy atom. The molecular weight excluding hydrogens is 434 g/mol. The fourth-order valence-corrected chi connectivity index (χ4v) is 3.91. The van der Waals surface area contributed by atoms with Gasteiger partial charge in [0.15, 0.2) is 17.3 Å². The lowest BCUT2D eigenvalue weighted by atomic mass is 10.1. The number of aromatic nitrogens is 2. The molecule has 8 nitrogen and oxygen atoms in total. The molecule has 33 heavy (non-hydrogen) atoms. The molecule has 1 aromatic carbocycles. The van der Waals surface area contributed by atoms with Crippen LogP contribution in [0.3, 0.4) is 0 Å². The molecule has 10 heteroatoms. The molecule has 3 aromatic rings. The summed E-state index contributed by atoms with van der Waals surface area (Å²) < 4.78 is 35.1. The van der Waals surface area contributed by atoms with E-state index in [9.17, 15) is 14.0 Å². The van der Waals surface area contributed by atoms with Crippen LogP contribution in [-0.2, 0) is 4.74 Å². The van der Waals surface area contributed by atoms with Gasteiger partial charge < -0.3 is 19.3 Å². The van der Waals surface area contributed by atoms with Crippen LogP contribution < -0.4 is 10.3 Å². The number of anilines is 1. The Hall–Kier alpha value is -3.37. The lowest BCUT2D eigenvalue weighted by Gasteiger charge is -2.35. The molecule has 4 rings (SSSR count). The number of benzene rings is 1. The van der Waals surface area contributed by atoms with E-state index in [2.05, 4.69) is 9.88 Å². The second-order valence-electron chi connectivity index (χ2n) is 7.66. The molecule has 0 saturated carbocycles. The Morgan fingerprint density at radius 3 is 2.48 bits per heavy atom. The van der Waals surface area contributed by atoms with Crippen molar-refractivity contribution < 1.29 is 23.4 Å². The predicted octanol–water partition coefficient (Wildman–Crippen LogP) is 1.95. The normalized spacial score (nSPS) is 14.6. The number of carbonyl (C=O) groups is 1. The Kier molecular flexibility index (Phi) is 6.66. The van der Waals surface area contributed by atoms with Gasteiger partial charge in [0.2, 0.25) is 5.43 Å². The standard InChI is InChI=1S/C23H24F2N4O4/c1-2-33-23(32)18-14-29(16-5-3-15(24)4-6-16)21-17(20(18)31)13-19(25)22(26-21)28-9-7-27(8-10-28)11-12-30/h3-6,13-14,30H,2,7-12H2,1H3. The first-order valence-corrected chi connectivity index (χ1v) is 10.7. The maximum atomic E-state index is 15.1. The van der Waals surface area contributed by atoms with E-state index < -0.39 is 23.0 Å². The van der Waals surface area contributed by atoms with E-state index in [4.69, 9.17) is 9.84 Å². The number of carbonyl (C=O) groups excluding carboxylic acids is 1. The van der Waals surface area contributed by atoms with Crippen LogP contribution in [0.1, 0.15) is 17.3 Å². The van der Waals surface area contributed by atoms with Crippen LogP contribution >= 0.6 is 0 Å². The minimum Gasteiger partial charge on any atom is -0.462 e. The second kappa shape index (κ2) is 9.63. The van der Waals surface area contributed by atoms with E-state index in [0.717, 1.165) is 6.07 Å².